The molecule has 0 fully saturated rings. The summed E-state index contributed by atoms with van der Waals surface area (Å²) in [5.74, 6) is -1.25. The van der Waals surface area contributed by atoms with Gasteiger partial charge >= 0.3 is 0 Å². The Labute approximate surface area is 157 Å². The summed E-state index contributed by atoms with van der Waals surface area (Å²) < 4.78 is 0.986. The Kier molecular flexibility index (Phi) is 4.18. The number of hydrogen-bond donors (Lipinski definition) is 3. The number of para-hydroxylation sites is 1. The number of amides is 1. The van der Waals surface area contributed by atoms with Crippen molar-refractivity contribution in [3.8, 4) is 0 Å². The molecule has 4 rings (SSSR count). The number of fused-ring (bicyclic) bond motifs is 2. The first kappa shape index (κ1) is 16.4. The number of nitrogens with one attached hydrogen (secondary N) is 3. The average Bonchev–Trinajstić information content (AvgIpc) is 3.25. The Morgan fingerprint density at radius 3 is 2.65 bits per heavy atom. The van der Waals surface area contributed by atoms with Gasteiger partial charge in [0.2, 0.25) is 0 Å². The Morgan fingerprint density at radius 1 is 0.962 bits per heavy atom. The van der Waals surface area contributed by atoms with Crippen LogP contribution in [0.25, 0.3) is 27.9 Å². The minimum absolute atomic E-state index is 0.364. The van der Waals surface area contributed by atoms with Crippen molar-refractivity contribution in [2.24, 2.45) is 0 Å². The van der Waals surface area contributed by atoms with Crippen LogP contribution in [0.5, 0.6) is 0 Å². The molecule has 0 saturated carbocycles. The van der Waals surface area contributed by atoms with E-state index < -0.39 is 11.7 Å². The molecule has 26 heavy (non-hydrogen) atoms. The molecule has 2 heterocycles. The molecule has 0 aliphatic heterocycles. The maximum atomic E-state index is 12.4. The Morgan fingerprint density at radius 2 is 1.77 bits per heavy atom. The summed E-state index contributed by atoms with van der Waals surface area (Å²) in [4.78, 5) is 30.7. The van der Waals surface area contributed by atoms with Crippen LogP contribution < -0.4 is 5.32 Å². The van der Waals surface area contributed by atoms with Gasteiger partial charge < -0.3 is 15.3 Å². The number of aromatic nitrogens is 2. The van der Waals surface area contributed by atoms with E-state index in [1.807, 2.05) is 48.7 Å². The quantitative estimate of drug-likeness (QED) is 0.346. The number of halogens is 1. The zero-order valence-corrected chi connectivity index (χ0v) is 15.1. The highest BCUT2D eigenvalue weighted by Gasteiger charge is 2.18. The lowest BCUT2D eigenvalue weighted by Crippen LogP contribution is -2.26. The van der Waals surface area contributed by atoms with E-state index >= 15 is 0 Å². The van der Waals surface area contributed by atoms with E-state index in [0.717, 1.165) is 31.8 Å². The number of ketones is 1. The van der Waals surface area contributed by atoms with Crippen LogP contribution in [0.1, 0.15) is 15.9 Å². The lowest BCUT2D eigenvalue weighted by Gasteiger charge is -1.99. The molecule has 0 aliphatic carbocycles. The summed E-state index contributed by atoms with van der Waals surface area (Å²) in [6.45, 7) is 0. The van der Waals surface area contributed by atoms with Crippen molar-refractivity contribution in [2.75, 3.05) is 0 Å². The zero-order valence-electron chi connectivity index (χ0n) is 13.5. The van der Waals surface area contributed by atoms with Gasteiger partial charge in [-0.05, 0) is 24.3 Å². The number of aromatic amines is 2. The summed E-state index contributed by atoms with van der Waals surface area (Å²) in [7, 11) is 0. The van der Waals surface area contributed by atoms with Gasteiger partial charge in [-0.2, -0.15) is 0 Å². The highest BCUT2D eigenvalue weighted by atomic mass is 79.9. The molecule has 6 heteroatoms. The molecule has 3 N–H and O–H groups in total. The lowest BCUT2D eigenvalue weighted by atomic mass is 10.1. The van der Waals surface area contributed by atoms with Crippen molar-refractivity contribution in [1.29, 1.82) is 0 Å². The van der Waals surface area contributed by atoms with Gasteiger partial charge in [-0.25, -0.2) is 0 Å². The number of benzene rings is 2. The predicted octanol–water partition coefficient (Wildman–Crippen LogP) is 4.38. The van der Waals surface area contributed by atoms with Gasteiger partial charge in [-0.3, -0.25) is 9.59 Å². The number of rotatable bonds is 4. The molecule has 2 aromatic heterocycles. The van der Waals surface area contributed by atoms with Crippen LogP contribution in [0.4, 0.5) is 0 Å². The zero-order chi connectivity index (χ0) is 18.1. The summed E-state index contributed by atoms with van der Waals surface area (Å²) in [5, 5.41) is 4.31. The molecule has 0 spiro atoms. The third-order valence-corrected chi connectivity index (χ3v) is 4.69. The number of carbonyl (C=O) groups excluding carboxylic acids is 2. The van der Waals surface area contributed by atoms with Crippen molar-refractivity contribution in [2.45, 2.75) is 0 Å². The van der Waals surface area contributed by atoms with Gasteiger partial charge in [-0.15, -0.1) is 0 Å². The van der Waals surface area contributed by atoms with Crippen molar-refractivity contribution in [3.63, 3.8) is 0 Å². The van der Waals surface area contributed by atoms with Crippen LogP contribution in [0, 0.1) is 0 Å². The van der Waals surface area contributed by atoms with Gasteiger partial charge in [0.25, 0.3) is 11.7 Å². The summed E-state index contributed by atoms with van der Waals surface area (Å²) in [5.41, 5.74) is 3.10. The molecule has 2 aromatic carbocycles. The second-order valence-electron chi connectivity index (χ2n) is 5.82. The molecule has 5 nitrogen and oxygen atoms in total. The van der Waals surface area contributed by atoms with Crippen LogP contribution in [-0.4, -0.2) is 21.7 Å². The molecule has 128 valence electrons. The van der Waals surface area contributed by atoms with Crippen molar-refractivity contribution < 1.29 is 9.59 Å². The third-order valence-electron chi connectivity index (χ3n) is 4.19. The first-order valence-corrected chi connectivity index (χ1v) is 8.77. The highest BCUT2D eigenvalue weighted by molar-refractivity contribution is 9.10. The number of hydrogen-bond acceptors (Lipinski definition) is 2. The second-order valence-corrected chi connectivity index (χ2v) is 6.73. The Balaban J connectivity index is 1.51. The van der Waals surface area contributed by atoms with E-state index in [9.17, 15) is 9.59 Å². The van der Waals surface area contributed by atoms with Crippen molar-refractivity contribution >= 4 is 55.5 Å². The minimum atomic E-state index is -0.673. The summed E-state index contributed by atoms with van der Waals surface area (Å²) in [6, 6.07) is 13.3. The second kappa shape index (κ2) is 6.65. The molecule has 0 bridgehead atoms. The molecule has 0 unspecified atom stereocenters. The topological polar surface area (TPSA) is 77.8 Å². The first-order chi connectivity index (χ1) is 12.6. The number of H-pyrrole nitrogens is 2. The van der Waals surface area contributed by atoms with Crippen LogP contribution in [0.3, 0.4) is 0 Å². The number of carbonyl (C=O) groups is 2. The fourth-order valence-electron chi connectivity index (χ4n) is 2.91. The first-order valence-electron chi connectivity index (χ1n) is 7.98. The van der Waals surface area contributed by atoms with E-state index in [1.165, 1.54) is 6.20 Å². The van der Waals surface area contributed by atoms with Gasteiger partial charge in [0.05, 0.1) is 5.56 Å². The van der Waals surface area contributed by atoms with Gasteiger partial charge in [0.15, 0.2) is 0 Å². The molecule has 0 saturated heterocycles. The van der Waals surface area contributed by atoms with Crippen LogP contribution in [0.15, 0.2) is 65.5 Å². The fraction of sp³-hybridized carbons (Fsp3) is 0. The molecule has 0 atom stereocenters. The fourth-order valence-corrected chi connectivity index (χ4v) is 3.27. The van der Waals surface area contributed by atoms with Gasteiger partial charge in [0, 0.05) is 50.4 Å². The monoisotopic (exact) mass is 407 g/mol. The van der Waals surface area contributed by atoms with Crippen molar-refractivity contribution in [3.05, 3.63) is 76.7 Å². The van der Waals surface area contributed by atoms with E-state index in [0.29, 0.717) is 5.56 Å². The van der Waals surface area contributed by atoms with Crippen LogP contribution >= 0.6 is 15.9 Å². The van der Waals surface area contributed by atoms with Crippen LogP contribution in [-0.2, 0) is 4.79 Å². The molecular weight excluding hydrogens is 394 g/mol. The van der Waals surface area contributed by atoms with E-state index in [-0.39, 0.29) is 0 Å². The Hall–Kier alpha value is -3.12. The number of Topliss-reactive ketones (excluding diaryl/α,β-unsaturated/α-hetero) is 1. The normalized spacial score (nSPS) is 11.4. The van der Waals surface area contributed by atoms with E-state index in [4.69, 9.17) is 0 Å². The van der Waals surface area contributed by atoms with Gasteiger partial charge in [-0.1, -0.05) is 40.2 Å². The maximum absolute atomic E-state index is 12.4. The maximum Gasteiger partial charge on any atom is 0.296 e. The van der Waals surface area contributed by atoms with Crippen molar-refractivity contribution in [1.82, 2.24) is 15.3 Å². The molecular formula is C20H14BrN3O2. The molecule has 0 aliphatic rings. The summed E-state index contributed by atoms with van der Waals surface area (Å²) in [6.07, 6.45) is 6.65. The highest BCUT2D eigenvalue weighted by Crippen LogP contribution is 2.23. The predicted molar refractivity (Wildman–Crippen MR) is 106 cm³/mol. The SMILES string of the molecule is O=C(NC=Cc1c[nH]c2cc(Br)ccc12)C(=O)c1c[nH]c2ccccc12. The standard InChI is InChI=1S/C20H14BrN3O2/c21-13-5-6-14-12(10-23-18(14)9-13)7-8-22-20(26)19(25)16-11-24-17-4-2-1-3-15(16)17/h1-11,23-24H,(H,22,26). The smallest absolute Gasteiger partial charge is 0.296 e. The molecule has 0 radical (unpaired) electrons. The molecule has 4 aromatic rings. The average molecular weight is 408 g/mol. The van der Waals surface area contributed by atoms with Gasteiger partial charge in [0.1, 0.15) is 0 Å². The minimum Gasteiger partial charge on any atom is -0.361 e. The van der Waals surface area contributed by atoms with E-state index in [2.05, 4.69) is 31.2 Å². The van der Waals surface area contributed by atoms with E-state index in [1.54, 1.807) is 12.3 Å². The lowest BCUT2D eigenvalue weighted by molar-refractivity contribution is -0.116. The summed E-state index contributed by atoms with van der Waals surface area (Å²) >= 11 is 3.43. The third kappa shape index (κ3) is 2.95. The largest absolute Gasteiger partial charge is 0.361 e. The van der Waals surface area contributed by atoms with Crippen LogP contribution in [0.2, 0.25) is 0 Å². The Bertz CT molecular complexity index is 1170. The molecule has 1 amide bonds.